The minimum atomic E-state index is -0.336. The molecule has 20 heavy (non-hydrogen) atoms. The van der Waals surface area contributed by atoms with Gasteiger partial charge in [0, 0.05) is 30.8 Å². The molecule has 0 spiro atoms. The number of carbonyl (C=O) groups excluding carboxylic acids is 2. The fourth-order valence-corrected chi connectivity index (χ4v) is 1.57. The van der Waals surface area contributed by atoms with E-state index in [9.17, 15) is 9.59 Å². The Labute approximate surface area is 123 Å². The number of hydrogen-bond acceptors (Lipinski definition) is 4. The lowest BCUT2D eigenvalue weighted by Crippen LogP contribution is -2.34. The van der Waals surface area contributed by atoms with Crippen LogP contribution in [-0.2, 0) is 4.79 Å². The average molecular weight is 294 g/mol. The van der Waals surface area contributed by atoms with E-state index in [0.717, 1.165) is 0 Å². The van der Waals surface area contributed by atoms with E-state index in [0.29, 0.717) is 5.56 Å². The molecule has 0 fully saturated rings. The van der Waals surface area contributed by atoms with Crippen molar-refractivity contribution in [3.05, 3.63) is 29.6 Å². The lowest BCUT2D eigenvalue weighted by atomic mass is 10.2. The number of aromatic nitrogens is 1. The first-order chi connectivity index (χ1) is 9.40. The number of nitrogens with zero attached hydrogens (tertiary/aromatic N) is 1. The van der Waals surface area contributed by atoms with Crippen molar-refractivity contribution in [1.29, 1.82) is 0 Å². The van der Waals surface area contributed by atoms with Gasteiger partial charge >= 0.3 is 0 Å². The van der Waals surface area contributed by atoms with Crippen molar-refractivity contribution < 1.29 is 9.59 Å². The van der Waals surface area contributed by atoms with Crippen LogP contribution in [0.4, 0.5) is 0 Å². The van der Waals surface area contributed by atoms with Gasteiger partial charge in [0.05, 0.1) is 0 Å². The van der Waals surface area contributed by atoms with E-state index in [-0.39, 0.29) is 41.5 Å². The van der Waals surface area contributed by atoms with Crippen LogP contribution >= 0.6 is 12.2 Å². The molecule has 1 aromatic rings. The van der Waals surface area contributed by atoms with E-state index < -0.39 is 0 Å². The third-order valence-corrected chi connectivity index (χ3v) is 2.60. The van der Waals surface area contributed by atoms with Gasteiger partial charge in [-0.05, 0) is 26.0 Å². The summed E-state index contributed by atoms with van der Waals surface area (Å²) in [6, 6.07) is 3.26. The van der Waals surface area contributed by atoms with Crippen molar-refractivity contribution in [2.24, 2.45) is 5.73 Å². The number of nitrogens with two attached hydrogens (primary N) is 1. The van der Waals surface area contributed by atoms with Crippen molar-refractivity contribution in [2.75, 3.05) is 6.54 Å². The molecule has 1 heterocycles. The number of hydrogen-bond donors (Lipinski definition) is 3. The minimum Gasteiger partial charge on any atom is -0.389 e. The smallest absolute Gasteiger partial charge is 0.269 e. The minimum absolute atomic E-state index is 0.0903. The second-order valence-corrected chi connectivity index (χ2v) is 4.96. The van der Waals surface area contributed by atoms with Crippen LogP contribution in [-0.4, -0.2) is 34.4 Å². The predicted molar refractivity (Wildman–Crippen MR) is 80.4 cm³/mol. The molecular weight excluding hydrogens is 276 g/mol. The molecule has 0 aliphatic carbocycles. The van der Waals surface area contributed by atoms with E-state index >= 15 is 0 Å². The Balaban J connectivity index is 2.43. The maximum absolute atomic E-state index is 11.8. The van der Waals surface area contributed by atoms with E-state index in [2.05, 4.69) is 15.6 Å². The van der Waals surface area contributed by atoms with Gasteiger partial charge in [0.2, 0.25) is 5.91 Å². The van der Waals surface area contributed by atoms with Crippen molar-refractivity contribution in [2.45, 2.75) is 26.3 Å². The van der Waals surface area contributed by atoms with Crippen molar-refractivity contribution >= 4 is 29.0 Å². The Kier molecular flexibility index (Phi) is 6.05. The van der Waals surface area contributed by atoms with Gasteiger partial charge in [-0.1, -0.05) is 12.2 Å². The van der Waals surface area contributed by atoms with Crippen molar-refractivity contribution in [3.8, 4) is 0 Å². The summed E-state index contributed by atoms with van der Waals surface area (Å²) in [7, 11) is 0. The Morgan fingerprint density at radius 1 is 1.40 bits per heavy atom. The molecule has 2 amide bonds. The molecule has 1 aromatic heterocycles. The van der Waals surface area contributed by atoms with Gasteiger partial charge in [0.1, 0.15) is 10.7 Å². The number of thiocarbonyl (C=S) groups is 1. The van der Waals surface area contributed by atoms with Crippen LogP contribution in [0.15, 0.2) is 18.3 Å². The van der Waals surface area contributed by atoms with Crippen LogP contribution in [0.1, 0.15) is 36.3 Å². The number of rotatable bonds is 6. The molecule has 0 aromatic carbocycles. The summed E-state index contributed by atoms with van der Waals surface area (Å²) >= 11 is 4.80. The monoisotopic (exact) mass is 294 g/mol. The van der Waals surface area contributed by atoms with Gasteiger partial charge < -0.3 is 16.4 Å². The normalized spacial score (nSPS) is 10.2. The molecule has 0 atom stereocenters. The first-order valence-electron chi connectivity index (χ1n) is 6.23. The average Bonchev–Trinajstić information content (AvgIpc) is 2.37. The predicted octanol–water partition coefficient (Wildman–Crippen LogP) is 0.360. The first kappa shape index (κ1) is 16.0. The molecule has 0 aliphatic rings. The molecule has 0 unspecified atom stereocenters. The molecule has 4 N–H and O–H groups in total. The third-order valence-electron chi connectivity index (χ3n) is 2.37. The summed E-state index contributed by atoms with van der Waals surface area (Å²) in [5, 5.41) is 5.37. The molecule has 0 saturated carbocycles. The summed E-state index contributed by atoms with van der Waals surface area (Å²) in [6.45, 7) is 4.02. The lowest BCUT2D eigenvalue weighted by Gasteiger charge is -2.08. The van der Waals surface area contributed by atoms with Crippen LogP contribution < -0.4 is 16.4 Å². The number of nitrogens with one attached hydrogen (secondary N) is 2. The highest BCUT2D eigenvalue weighted by molar-refractivity contribution is 7.80. The summed E-state index contributed by atoms with van der Waals surface area (Å²) in [6.07, 6.45) is 1.68. The Morgan fingerprint density at radius 2 is 2.10 bits per heavy atom. The molecular formula is C13H18N4O2S. The summed E-state index contributed by atoms with van der Waals surface area (Å²) < 4.78 is 0. The SMILES string of the molecule is CC(C)NC(=O)CCNC(=O)c1ccc(C(N)=S)cn1. The van der Waals surface area contributed by atoms with Crippen molar-refractivity contribution in [3.63, 3.8) is 0 Å². The van der Waals surface area contributed by atoms with Gasteiger partial charge in [-0.25, -0.2) is 0 Å². The van der Waals surface area contributed by atoms with E-state index in [1.54, 1.807) is 6.07 Å². The highest BCUT2D eigenvalue weighted by atomic mass is 32.1. The van der Waals surface area contributed by atoms with Crippen LogP contribution in [0.2, 0.25) is 0 Å². The summed E-state index contributed by atoms with van der Waals surface area (Å²) in [5.74, 6) is -0.436. The Hall–Kier alpha value is -2.02. The summed E-state index contributed by atoms with van der Waals surface area (Å²) in [5.41, 5.74) is 6.30. The zero-order chi connectivity index (χ0) is 15.1. The standard InChI is InChI=1S/C13H18N4O2S/c1-8(2)17-11(18)5-6-15-13(19)10-4-3-9(7-16-10)12(14)20/h3-4,7-8H,5-6H2,1-2H3,(H2,14,20)(H,15,19)(H,17,18). The zero-order valence-electron chi connectivity index (χ0n) is 11.5. The van der Waals surface area contributed by atoms with Gasteiger partial charge in [-0.2, -0.15) is 0 Å². The molecule has 6 nitrogen and oxygen atoms in total. The van der Waals surface area contributed by atoms with Gasteiger partial charge in [0.15, 0.2) is 0 Å². The zero-order valence-corrected chi connectivity index (χ0v) is 12.3. The highest BCUT2D eigenvalue weighted by Crippen LogP contribution is 2.00. The second-order valence-electron chi connectivity index (χ2n) is 4.52. The Bertz CT molecular complexity index is 500. The van der Waals surface area contributed by atoms with Gasteiger partial charge in [-0.15, -0.1) is 0 Å². The first-order valence-corrected chi connectivity index (χ1v) is 6.64. The molecule has 1 rings (SSSR count). The van der Waals surface area contributed by atoms with Crippen molar-refractivity contribution in [1.82, 2.24) is 15.6 Å². The second kappa shape index (κ2) is 7.54. The Morgan fingerprint density at radius 3 is 2.60 bits per heavy atom. The van der Waals surface area contributed by atoms with Gasteiger partial charge in [-0.3, -0.25) is 14.6 Å². The highest BCUT2D eigenvalue weighted by Gasteiger charge is 2.09. The number of pyridine rings is 1. The topological polar surface area (TPSA) is 97.1 Å². The van der Waals surface area contributed by atoms with E-state index in [4.69, 9.17) is 18.0 Å². The molecule has 0 aliphatic heterocycles. The van der Waals surface area contributed by atoms with Crippen LogP contribution in [0.25, 0.3) is 0 Å². The van der Waals surface area contributed by atoms with Gasteiger partial charge in [0.25, 0.3) is 5.91 Å². The van der Waals surface area contributed by atoms with Crippen LogP contribution in [0.3, 0.4) is 0 Å². The van der Waals surface area contributed by atoms with Crippen LogP contribution in [0, 0.1) is 0 Å². The number of amides is 2. The molecule has 0 bridgehead atoms. The molecule has 108 valence electrons. The fourth-order valence-electron chi connectivity index (χ4n) is 1.45. The maximum Gasteiger partial charge on any atom is 0.269 e. The molecule has 7 heteroatoms. The van der Waals surface area contributed by atoms with E-state index in [1.165, 1.54) is 12.3 Å². The summed E-state index contributed by atoms with van der Waals surface area (Å²) in [4.78, 5) is 27.3. The third kappa shape index (κ3) is 5.31. The molecule has 0 saturated heterocycles. The fraction of sp³-hybridized carbons (Fsp3) is 0.385. The molecule has 0 radical (unpaired) electrons. The maximum atomic E-state index is 11.8. The largest absolute Gasteiger partial charge is 0.389 e. The van der Waals surface area contributed by atoms with E-state index in [1.807, 2.05) is 13.8 Å². The van der Waals surface area contributed by atoms with Crippen LogP contribution in [0.5, 0.6) is 0 Å². The quantitative estimate of drug-likeness (QED) is 0.658. The number of carbonyl (C=O) groups is 2. The lowest BCUT2D eigenvalue weighted by molar-refractivity contribution is -0.121.